The molecule has 1 aliphatic rings. The van der Waals surface area contributed by atoms with Crippen molar-refractivity contribution in [3.8, 4) is 0 Å². The fraction of sp³-hybridized carbons (Fsp3) is 0.727. The molecule has 168 valence electrons. The molecule has 1 fully saturated rings. The number of rotatable bonds is 5. The van der Waals surface area contributed by atoms with Gasteiger partial charge in [-0.15, -0.1) is 0 Å². The Balaban J connectivity index is 1.95. The van der Waals surface area contributed by atoms with Crippen LogP contribution >= 0.6 is 0 Å². The van der Waals surface area contributed by atoms with Crippen molar-refractivity contribution >= 4 is 21.2 Å². The molecule has 0 radical (unpaired) electrons. The quantitative estimate of drug-likeness (QED) is 0.778. The van der Waals surface area contributed by atoms with Crippen LogP contribution in [0.3, 0.4) is 0 Å². The smallest absolute Gasteiger partial charge is 0.290 e. The molecule has 2 aromatic heterocycles. The summed E-state index contributed by atoms with van der Waals surface area (Å²) in [5.74, 6) is 0.241. The second-order valence-corrected chi connectivity index (χ2v) is 12.6. The number of fused-ring (bicyclic) bond motifs is 1. The maximum Gasteiger partial charge on any atom is 0.330 e. The summed E-state index contributed by atoms with van der Waals surface area (Å²) in [5.41, 5.74) is 2.30. The number of aromatic nitrogens is 3. The third-order valence-corrected chi connectivity index (χ3v) is 7.76. The first-order valence-electron chi connectivity index (χ1n) is 10.8. The van der Waals surface area contributed by atoms with Crippen LogP contribution < -0.4 is 10.4 Å². The molecular formula is C22H36N4O3S. The van der Waals surface area contributed by atoms with Crippen LogP contribution in [0.25, 0.3) is 11.2 Å². The molecule has 0 saturated heterocycles. The Kier molecular flexibility index (Phi) is 5.97. The van der Waals surface area contributed by atoms with Gasteiger partial charge in [0.15, 0.2) is 5.65 Å². The van der Waals surface area contributed by atoms with E-state index in [4.69, 9.17) is 4.98 Å². The van der Waals surface area contributed by atoms with Crippen molar-refractivity contribution < 1.29 is 8.42 Å². The lowest BCUT2D eigenvalue weighted by molar-refractivity contribution is 0.170. The number of nitrogens with one attached hydrogen (secondary N) is 1. The van der Waals surface area contributed by atoms with E-state index in [9.17, 15) is 13.2 Å². The number of sulfonamides is 1. The molecule has 0 aromatic carbocycles. The highest BCUT2D eigenvalue weighted by atomic mass is 32.2. The van der Waals surface area contributed by atoms with Crippen molar-refractivity contribution in [3.63, 3.8) is 0 Å². The van der Waals surface area contributed by atoms with Crippen molar-refractivity contribution in [2.24, 2.45) is 17.9 Å². The zero-order valence-electron chi connectivity index (χ0n) is 19.3. The van der Waals surface area contributed by atoms with Crippen LogP contribution in [0.15, 0.2) is 16.9 Å². The molecule has 2 heterocycles. The average molecular weight is 437 g/mol. The van der Waals surface area contributed by atoms with Gasteiger partial charge in [-0.1, -0.05) is 34.6 Å². The summed E-state index contributed by atoms with van der Waals surface area (Å²) in [5, 5.41) is 0. The summed E-state index contributed by atoms with van der Waals surface area (Å²) in [6, 6.07) is 3.87. The van der Waals surface area contributed by atoms with Crippen LogP contribution in [0, 0.1) is 10.8 Å². The van der Waals surface area contributed by atoms with E-state index in [0.717, 1.165) is 24.1 Å². The fourth-order valence-corrected chi connectivity index (χ4v) is 5.38. The second kappa shape index (κ2) is 7.79. The lowest BCUT2D eigenvalue weighted by Gasteiger charge is -2.42. The van der Waals surface area contributed by atoms with E-state index >= 15 is 0 Å². The van der Waals surface area contributed by atoms with Crippen LogP contribution in [0.1, 0.15) is 72.4 Å². The summed E-state index contributed by atoms with van der Waals surface area (Å²) in [7, 11) is -1.51. The topological polar surface area (TPSA) is 86.0 Å². The van der Waals surface area contributed by atoms with E-state index < -0.39 is 10.0 Å². The Morgan fingerprint density at radius 3 is 2.53 bits per heavy atom. The Hall–Kier alpha value is -1.67. The SMILES string of the molecule is CCS(=O)(=O)NC1CC(c2ccc3c(n2)n(C)c(=O)n3CC(C)(C)C)CCC1(C)C. The molecular weight excluding hydrogens is 400 g/mol. The molecule has 2 atom stereocenters. The van der Waals surface area contributed by atoms with Gasteiger partial charge in [0.2, 0.25) is 10.0 Å². The first-order chi connectivity index (χ1) is 13.7. The van der Waals surface area contributed by atoms with Crippen molar-refractivity contribution in [1.82, 2.24) is 18.8 Å². The summed E-state index contributed by atoms with van der Waals surface area (Å²) >= 11 is 0. The molecule has 2 aromatic rings. The Bertz CT molecular complexity index is 1090. The van der Waals surface area contributed by atoms with E-state index in [2.05, 4.69) is 39.3 Å². The van der Waals surface area contributed by atoms with Crippen LogP contribution in [0.4, 0.5) is 0 Å². The van der Waals surface area contributed by atoms with Crippen molar-refractivity contribution in [1.29, 1.82) is 0 Å². The van der Waals surface area contributed by atoms with Crippen LogP contribution in [0.2, 0.25) is 0 Å². The van der Waals surface area contributed by atoms with E-state index in [1.807, 2.05) is 12.1 Å². The molecule has 7 nitrogen and oxygen atoms in total. The number of pyridine rings is 1. The van der Waals surface area contributed by atoms with Gasteiger partial charge in [0, 0.05) is 31.2 Å². The first-order valence-corrected chi connectivity index (χ1v) is 12.5. The fourth-order valence-electron chi connectivity index (χ4n) is 4.36. The Morgan fingerprint density at radius 1 is 1.27 bits per heavy atom. The molecule has 3 rings (SSSR count). The molecule has 1 saturated carbocycles. The van der Waals surface area contributed by atoms with Gasteiger partial charge in [0.1, 0.15) is 0 Å². The van der Waals surface area contributed by atoms with Crippen LogP contribution in [-0.2, 0) is 23.6 Å². The first kappa shape index (κ1) is 23.0. The lowest BCUT2D eigenvalue weighted by Crippen LogP contribution is -2.48. The van der Waals surface area contributed by atoms with Crippen molar-refractivity contribution in [2.75, 3.05) is 5.75 Å². The average Bonchev–Trinajstić information content (AvgIpc) is 2.86. The lowest BCUT2D eigenvalue weighted by atomic mass is 9.69. The molecule has 0 bridgehead atoms. The van der Waals surface area contributed by atoms with Crippen molar-refractivity contribution in [3.05, 3.63) is 28.3 Å². The van der Waals surface area contributed by atoms with E-state index in [-0.39, 0.29) is 34.2 Å². The van der Waals surface area contributed by atoms with E-state index in [0.29, 0.717) is 18.6 Å². The molecule has 30 heavy (non-hydrogen) atoms. The molecule has 1 aliphatic carbocycles. The highest BCUT2D eigenvalue weighted by molar-refractivity contribution is 7.89. The molecule has 8 heteroatoms. The third kappa shape index (κ3) is 4.64. The predicted molar refractivity (Wildman–Crippen MR) is 121 cm³/mol. The summed E-state index contributed by atoms with van der Waals surface area (Å²) in [4.78, 5) is 17.7. The molecule has 0 amide bonds. The number of hydrogen-bond donors (Lipinski definition) is 1. The van der Waals surface area contributed by atoms with E-state index in [1.54, 1.807) is 23.1 Å². The van der Waals surface area contributed by atoms with Gasteiger partial charge in [-0.05, 0) is 49.1 Å². The predicted octanol–water partition coefficient (Wildman–Crippen LogP) is 3.38. The molecule has 2 unspecified atom stereocenters. The van der Waals surface area contributed by atoms with Gasteiger partial charge in [-0.2, -0.15) is 0 Å². The highest BCUT2D eigenvalue weighted by Gasteiger charge is 2.39. The van der Waals surface area contributed by atoms with E-state index in [1.165, 1.54) is 0 Å². The van der Waals surface area contributed by atoms with Crippen molar-refractivity contribution in [2.45, 2.75) is 79.3 Å². The minimum atomic E-state index is -3.28. The minimum Gasteiger partial charge on any atom is -0.290 e. The summed E-state index contributed by atoms with van der Waals surface area (Å²) in [6.45, 7) is 12.9. The van der Waals surface area contributed by atoms with Crippen LogP contribution in [-0.4, -0.2) is 34.3 Å². The molecule has 1 N–H and O–H groups in total. The number of hydrogen-bond acceptors (Lipinski definition) is 4. The number of nitrogens with zero attached hydrogens (tertiary/aromatic N) is 3. The zero-order valence-corrected chi connectivity index (χ0v) is 20.1. The highest BCUT2D eigenvalue weighted by Crippen LogP contribution is 2.42. The van der Waals surface area contributed by atoms with Gasteiger partial charge in [-0.25, -0.2) is 22.9 Å². The standard InChI is InChI=1S/C22H36N4O3S/c1-8-30(28,29)24-18-13-15(11-12-22(18,5)6)16-9-10-17-19(23-16)25(7)20(27)26(17)14-21(2,3)4/h9-10,15,18,24H,8,11-14H2,1-7H3. The minimum absolute atomic E-state index is 0.0185. The Labute approximate surface area is 179 Å². The second-order valence-electron chi connectivity index (χ2n) is 10.6. The molecule has 0 aliphatic heterocycles. The maximum atomic E-state index is 12.8. The van der Waals surface area contributed by atoms with Crippen LogP contribution in [0.5, 0.6) is 0 Å². The number of aryl methyl sites for hydroxylation is 1. The largest absolute Gasteiger partial charge is 0.330 e. The number of imidazole rings is 1. The maximum absolute atomic E-state index is 12.8. The normalized spacial score (nSPS) is 22.5. The van der Waals surface area contributed by atoms with Gasteiger partial charge in [0.25, 0.3) is 0 Å². The summed E-state index contributed by atoms with van der Waals surface area (Å²) < 4.78 is 30.7. The third-order valence-electron chi connectivity index (χ3n) is 6.36. The van der Waals surface area contributed by atoms with Gasteiger partial charge in [0.05, 0.1) is 11.3 Å². The van der Waals surface area contributed by atoms with Gasteiger partial charge in [-0.3, -0.25) is 9.13 Å². The Morgan fingerprint density at radius 2 is 1.93 bits per heavy atom. The molecule has 0 spiro atoms. The monoisotopic (exact) mass is 436 g/mol. The van der Waals surface area contributed by atoms with Gasteiger partial charge >= 0.3 is 5.69 Å². The summed E-state index contributed by atoms with van der Waals surface area (Å²) in [6.07, 6.45) is 2.58. The zero-order chi connectivity index (χ0) is 22.5. The van der Waals surface area contributed by atoms with Gasteiger partial charge < -0.3 is 0 Å².